The summed E-state index contributed by atoms with van der Waals surface area (Å²) in [7, 11) is 1.82. The van der Waals surface area contributed by atoms with E-state index in [9.17, 15) is 4.79 Å². The van der Waals surface area contributed by atoms with Gasteiger partial charge in [0.2, 0.25) is 5.91 Å². The molecule has 0 radical (unpaired) electrons. The number of fused-ring (bicyclic) bond motifs is 1. The number of hydrogen-bond acceptors (Lipinski definition) is 8. The van der Waals surface area contributed by atoms with Crippen molar-refractivity contribution < 1.29 is 9.53 Å². The molecule has 0 saturated heterocycles. The molecule has 0 spiro atoms. The van der Waals surface area contributed by atoms with E-state index in [1.54, 1.807) is 30.7 Å². The number of nitrogens with one attached hydrogen (secondary N) is 3. The first-order chi connectivity index (χ1) is 21.7. The van der Waals surface area contributed by atoms with Crippen LogP contribution in [-0.4, -0.2) is 40.5 Å². The van der Waals surface area contributed by atoms with Crippen LogP contribution in [0.15, 0.2) is 78.4 Å². The lowest BCUT2D eigenvalue weighted by molar-refractivity contribution is -0.124. The Hall–Kier alpha value is -4.63. The summed E-state index contributed by atoms with van der Waals surface area (Å²) in [6.07, 6.45) is 8.01. The summed E-state index contributed by atoms with van der Waals surface area (Å²) in [5.74, 6) is 0.468. The molecule has 0 bridgehead atoms. The first-order valence-electron chi connectivity index (χ1n) is 15.5. The van der Waals surface area contributed by atoms with Gasteiger partial charge in [-0.25, -0.2) is 5.53 Å². The maximum atomic E-state index is 14.1. The largest absolute Gasteiger partial charge is 0.489 e. The number of rotatable bonds is 10. The van der Waals surface area contributed by atoms with Crippen LogP contribution < -0.4 is 15.4 Å². The highest BCUT2D eigenvalue weighted by molar-refractivity contribution is 5.96. The number of carbonyl (C=O) groups excluding carboxylic acids is 1. The van der Waals surface area contributed by atoms with E-state index in [0.29, 0.717) is 11.4 Å². The highest BCUT2D eigenvalue weighted by Gasteiger charge is 2.40. The standard InChI is InChI=1S/C36H43N7O2/c1-7-29-22-43(21-27-19-40-17-14-32(27)45-29)20-26-18-25(9-8-23(26)2)33(30-10-11-31(38-6)34(42-37)24(30)3)36(4,5)35(44)41-28-12-15-39-16-13-28/h8-19,29,33,37-38H,7,20-22H2,1-6H3,(H,39,41,44)/t29-,33+/m1/s1. The lowest BCUT2D eigenvalue weighted by Crippen LogP contribution is -2.37. The minimum absolute atomic E-state index is 0.0843. The number of benzene rings is 2. The van der Waals surface area contributed by atoms with Gasteiger partial charge in [0.15, 0.2) is 0 Å². The highest BCUT2D eigenvalue weighted by Crippen LogP contribution is 2.46. The average molecular weight is 606 g/mol. The topological polar surface area (TPSA) is 116 Å². The summed E-state index contributed by atoms with van der Waals surface area (Å²) in [6, 6.07) is 16.1. The molecule has 1 aliphatic rings. The van der Waals surface area contributed by atoms with Crippen LogP contribution >= 0.6 is 0 Å². The molecule has 5 rings (SSSR count). The molecule has 2 aromatic heterocycles. The van der Waals surface area contributed by atoms with Crippen LogP contribution in [0.25, 0.3) is 0 Å². The first kappa shape index (κ1) is 31.8. The second kappa shape index (κ2) is 13.6. The van der Waals surface area contributed by atoms with Crippen molar-refractivity contribution in [2.24, 2.45) is 10.5 Å². The van der Waals surface area contributed by atoms with Crippen LogP contribution in [0, 0.1) is 24.8 Å². The van der Waals surface area contributed by atoms with Gasteiger partial charge in [-0.05, 0) is 72.4 Å². The van der Waals surface area contributed by atoms with E-state index < -0.39 is 5.41 Å². The summed E-state index contributed by atoms with van der Waals surface area (Å²) >= 11 is 0. The van der Waals surface area contributed by atoms with Crippen LogP contribution in [0.2, 0.25) is 0 Å². The van der Waals surface area contributed by atoms with E-state index in [2.05, 4.69) is 68.7 Å². The highest BCUT2D eigenvalue weighted by atomic mass is 16.5. The predicted octanol–water partition coefficient (Wildman–Crippen LogP) is 7.77. The van der Waals surface area contributed by atoms with Crippen molar-refractivity contribution in [2.45, 2.75) is 66.2 Å². The van der Waals surface area contributed by atoms with Crippen molar-refractivity contribution >= 4 is 23.0 Å². The Morgan fingerprint density at radius 2 is 1.87 bits per heavy atom. The predicted molar refractivity (Wildman–Crippen MR) is 178 cm³/mol. The third-order valence-electron chi connectivity index (χ3n) is 8.97. The zero-order valence-corrected chi connectivity index (χ0v) is 27.0. The van der Waals surface area contributed by atoms with E-state index >= 15 is 0 Å². The molecular formula is C36H43N7O2. The van der Waals surface area contributed by atoms with E-state index in [1.807, 2.05) is 46.1 Å². The smallest absolute Gasteiger partial charge is 0.230 e. The molecule has 9 heteroatoms. The van der Waals surface area contributed by atoms with Gasteiger partial charge >= 0.3 is 0 Å². The molecule has 4 aromatic rings. The monoisotopic (exact) mass is 605 g/mol. The fourth-order valence-electron chi connectivity index (χ4n) is 6.29. The van der Waals surface area contributed by atoms with E-state index in [-0.39, 0.29) is 17.9 Å². The Morgan fingerprint density at radius 1 is 1.11 bits per heavy atom. The summed E-state index contributed by atoms with van der Waals surface area (Å²) < 4.78 is 6.34. The van der Waals surface area contributed by atoms with E-state index in [1.165, 1.54) is 11.1 Å². The van der Waals surface area contributed by atoms with Gasteiger partial charge in [-0.1, -0.05) is 45.0 Å². The Kier molecular flexibility index (Phi) is 9.58. The zero-order valence-electron chi connectivity index (χ0n) is 27.0. The van der Waals surface area contributed by atoms with E-state index in [0.717, 1.165) is 59.7 Å². The van der Waals surface area contributed by atoms with Gasteiger partial charge in [-0.15, -0.1) is 0 Å². The molecule has 3 N–H and O–H groups in total. The van der Waals surface area contributed by atoms with Crippen molar-refractivity contribution in [3.05, 3.63) is 107 Å². The van der Waals surface area contributed by atoms with Gasteiger partial charge in [-0.2, -0.15) is 5.11 Å². The summed E-state index contributed by atoms with van der Waals surface area (Å²) in [4.78, 5) is 24.9. The quantitative estimate of drug-likeness (QED) is 0.159. The number of carbonyl (C=O) groups is 1. The third-order valence-corrected chi connectivity index (χ3v) is 8.97. The number of amides is 1. The number of pyridine rings is 2. The van der Waals surface area contributed by atoms with Crippen LogP contribution in [0.3, 0.4) is 0 Å². The van der Waals surface area contributed by atoms with E-state index in [4.69, 9.17) is 10.3 Å². The molecule has 0 fully saturated rings. The second-order valence-electron chi connectivity index (χ2n) is 12.4. The number of aryl methyl sites for hydroxylation is 1. The van der Waals surface area contributed by atoms with Gasteiger partial charge < -0.3 is 15.4 Å². The van der Waals surface area contributed by atoms with Gasteiger partial charge in [0.1, 0.15) is 17.5 Å². The summed E-state index contributed by atoms with van der Waals surface area (Å²) in [5.41, 5.74) is 15.4. The van der Waals surface area contributed by atoms with Gasteiger partial charge in [0, 0.05) is 68.6 Å². The number of anilines is 2. The summed E-state index contributed by atoms with van der Waals surface area (Å²) in [6.45, 7) is 12.5. The Morgan fingerprint density at radius 3 is 2.58 bits per heavy atom. The van der Waals surface area contributed by atoms with Crippen molar-refractivity contribution in [1.29, 1.82) is 5.53 Å². The molecule has 0 saturated carbocycles. The normalized spacial score (nSPS) is 15.7. The van der Waals surface area contributed by atoms with Crippen molar-refractivity contribution in [2.75, 3.05) is 24.2 Å². The van der Waals surface area contributed by atoms with Crippen LogP contribution in [0.5, 0.6) is 5.75 Å². The third kappa shape index (κ3) is 6.73. The van der Waals surface area contributed by atoms with Crippen LogP contribution in [0.4, 0.5) is 17.1 Å². The molecule has 0 unspecified atom stereocenters. The van der Waals surface area contributed by atoms with Crippen molar-refractivity contribution in [1.82, 2.24) is 14.9 Å². The molecule has 2 aromatic carbocycles. The maximum Gasteiger partial charge on any atom is 0.230 e. The van der Waals surface area contributed by atoms with Gasteiger partial charge in [0.25, 0.3) is 0 Å². The van der Waals surface area contributed by atoms with Gasteiger partial charge in [0.05, 0.1) is 11.1 Å². The minimum atomic E-state index is -0.880. The second-order valence-corrected chi connectivity index (χ2v) is 12.4. The number of hydrogen-bond donors (Lipinski definition) is 3. The Labute approximate surface area is 266 Å². The van der Waals surface area contributed by atoms with Crippen molar-refractivity contribution in [3.63, 3.8) is 0 Å². The fourth-order valence-corrected chi connectivity index (χ4v) is 6.29. The molecule has 9 nitrogen and oxygen atoms in total. The lowest BCUT2D eigenvalue weighted by Gasteiger charge is -2.36. The SMILES string of the molecule is CC[C@@H]1CN(Cc2cc([C@@H](c3ccc(NC)c(N=N)c3C)C(C)(C)C(=O)Nc3ccncc3)ccc2C)Cc2cnccc2O1. The molecule has 1 aliphatic heterocycles. The Balaban J connectivity index is 1.57. The van der Waals surface area contributed by atoms with Crippen LogP contribution in [-0.2, 0) is 17.9 Å². The average Bonchev–Trinajstić information content (AvgIpc) is 3.22. The molecule has 1 amide bonds. The summed E-state index contributed by atoms with van der Waals surface area (Å²) in [5, 5.41) is 10.1. The molecule has 3 heterocycles. The van der Waals surface area contributed by atoms with Crippen molar-refractivity contribution in [3.8, 4) is 5.75 Å². The van der Waals surface area contributed by atoms with Gasteiger partial charge in [-0.3, -0.25) is 19.7 Å². The maximum absolute atomic E-state index is 14.1. The molecule has 234 valence electrons. The minimum Gasteiger partial charge on any atom is -0.489 e. The number of ether oxygens (including phenoxy) is 1. The fraction of sp³-hybridized carbons (Fsp3) is 0.361. The molecule has 2 atom stereocenters. The Bertz CT molecular complexity index is 1670. The number of nitrogens with zero attached hydrogens (tertiary/aromatic N) is 4. The molecule has 45 heavy (non-hydrogen) atoms. The lowest BCUT2D eigenvalue weighted by atomic mass is 9.69. The molecular weight excluding hydrogens is 562 g/mol. The zero-order chi connectivity index (χ0) is 32.1. The number of aromatic nitrogens is 2. The molecule has 0 aliphatic carbocycles. The first-order valence-corrected chi connectivity index (χ1v) is 15.5. The van der Waals surface area contributed by atoms with Crippen LogP contribution in [0.1, 0.15) is 66.5 Å².